The van der Waals surface area contributed by atoms with Crippen molar-refractivity contribution < 1.29 is 9.32 Å². The molecule has 1 amide bonds. The van der Waals surface area contributed by atoms with E-state index in [1.54, 1.807) is 13.0 Å². The normalized spacial score (nSPS) is 10.0. The van der Waals surface area contributed by atoms with Gasteiger partial charge in [0.05, 0.1) is 12.1 Å². The van der Waals surface area contributed by atoms with Crippen molar-refractivity contribution in [2.75, 3.05) is 6.54 Å². The third-order valence-corrected chi connectivity index (χ3v) is 1.59. The second kappa shape index (κ2) is 4.64. The Balaban J connectivity index is 2.36. The van der Waals surface area contributed by atoms with E-state index in [1.807, 2.05) is 6.92 Å². The molecule has 0 unspecified atom stereocenters. The lowest BCUT2D eigenvalue weighted by Crippen LogP contribution is -2.25. The molecule has 1 rings (SSSR count). The summed E-state index contributed by atoms with van der Waals surface area (Å²) in [5, 5.41) is 6.50. The van der Waals surface area contributed by atoms with Gasteiger partial charge in [-0.2, -0.15) is 0 Å². The van der Waals surface area contributed by atoms with Gasteiger partial charge in [0.15, 0.2) is 0 Å². The highest BCUT2D eigenvalue weighted by Crippen LogP contribution is 2.01. The SMILES string of the molecule is CCCNC(=O)Cc1cc(C)on1. The molecular weight excluding hydrogens is 168 g/mol. The molecule has 0 fully saturated rings. The molecule has 0 aliphatic heterocycles. The van der Waals surface area contributed by atoms with E-state index in [9.17, 15) is 4.79 Å². The average Bonchev–Trinajstić information content (AvgIpc) is 2.48. The summed E-state index contributed by atoms with van der Waals surface area (Å²) in [5.41, 5.74) is 0.686. The van der Waals surface area contributed by atoms with Crippen molar-refractivity contribution in [2.24, 2.45) is 0 Å². The van der Waals surface area contributed by atoms with E-state index < -0.39 is 0 Å². The molecule has 0 aliphatic carbocycles. The minimum atomic E-state index is -0.00449. The highest BCUT2D eigenvalue weighted by Gasteiger charge is 2.05. The van der Waals surface area contributed by atoms with E-state index in [2.05, 4.69) is 10.5 Å². The fraction of sp³-hybridized carbons (Fsp3) is 0.556. The molecule has 4 heteroatoms. The Labute approximate surface area is 77.3 Å². The van der Waals surface area contributed by atoms with Gasteiger partial charge in [-0.15, -0.1) is 0 Å². The smallest absolute Gasteiger partial charge is 0.226 e. The summed E-state index contributed by atoms with van der Waals surface area (Å²) in [6.45, 7) is 4.54. The number of hydrogen-bond donors (Lipinski definition) is 1. The molecular formula is C9H14N2O2. The van der Waals surface area contributed by atoms with Gasteiger partial charge in [0.2, 0.25) is 5.91 Å². The largest absolute Gasteiger partial charge is 0.361 e. The highest BCUT2D eigenvalue weighted by atomic mass is 16.5. The van der Waals surface area contributed by atoms with Crippen molar-refractivity contribution in [1.29, 1.82) is 0 Å². The van der Waals surface area contributed by atoms with Crippen molar-refractivity contribution in [3.05, 3.63) is 17.5 Å². The molecule has 1 aromatic rings. The molecule has 0 aromatic carbocycles. The topological polar surface area (TPSA) is 55.1 Å². The van der Waals surface area contributed by atoms with E-state index in [-0.39, 0.29) is 5.91 Å². The lowest BCUT2D eigenvalue weighted by molar-refractivity contribution is -0.120. The molecule has 0 saturated carbocycles. The summed E-state index contributed by atoms with van der Waals surface area (Å²) in [6.07, 6.45) is 1.25. The van der Waals surface area contributed by atoms with E-state index in [1.165, 1.54) is 0 Å². The molecule has 0 spiro atoms. The molecule has 1 N–H and O–H groups in total. The van der Waals surface area contributed by atoms with Gasteiger partial charge in [-0.05, 0) is 13.3 Å². The van der Waals surface area contributed by atoms with Crippen LogP contribution in [0.2, 0.25) is 0 Å². The standard InChI is InChI=1S/C9H14N2O2/c1-3-4-10-9(12)6-8-5-7(2)13-11-8/h5H,3-4,6H2,1-2H3,(H,10,12). The van der Waals surface area contributed by atoms with Gasteiger partial charge >= 0.3 is 0 Å². The summed E-state index contributed by atoms with van der Waals surface area (Å²) in [5.74, 6) is 0.730. The first-order valence-corrected chi connectivity index (χ1v) is 4.41. The molecule has 0 aliphatic rings. The van der Waals surface area contributed by atoms with Crippen LogP contribution >= 0.6 is 0 Å². The van der Waals surface area contributed by atoms with Crippen LogP contribution in [0, 0.1) is 6.92 Å². The van der Waals surface area contributed by atoms with Gasteiger partial charge in [0, 0.05) is 12.6 Å². The Bertz CT molecular complexity index is 281. The van der Waals surface area contributed by atoms with E-state index in [0.29, 0.717) is 12.1 Å². The van der Waals surface area contributed by atoms with Crippen LogP contribution in [0.15, 0.2) is 10.6 Å². The maximum absolute atomic E-state index is 11.2. The summed E-state index contributed by atoms with van der Waals surface area (Å²) in [7, 11) is 0. The first-order chi connectivity index (χ1) is 6.22. The summed E-state index contributed by atoms with van der Waals surface area (Å²) >= 11 is 0. The van der Waals surface area contributed by atoms with Gasteiger partial charge in [-0.3, -0.25) is 4.79 Å². The zero-order valence-corrected chi connectivity index (χ0v) is 7.96. The number of rotatable bonds is 4. The molecule has 4 nitrogen and oxygen atoms in total. The van der Waals surface area contributed by atoms with Gasteiger partial charge in [0.25, 0.3) is 0 Å². The Morgan fingerprint density at radius 3 is 3.00 bits per heavy atom. The van der Waals surface area contributed by atoms with Crippen molar-refractivity contribution in [1.82, 2.24) is 10.5 Å². The Hall–Kier alpha value is -1.32. The van der Waals surface area contributed by atoms with Crippen LogP contribution in [0.25, 0.3) is 0 Å². The van der Waals surface area contributed by atoms with Crippen molar-refractivity contribution in [3.8, 4) is 0 Å². The number of carbonyl (C=O) groups excluding carboxylic acids is 1. The Morgan fingerprint density at radius 2 is 2.46 bits per heavy atom. The molecule has 0 atom stereocenters. The lowest BCUT2D eigenvalue weighted by atomic mass is 10.3. The highest BCUT2D eigenvalue weighted by molar-refractivity contribution is 5.77. The summed E-state index contributed by atoms with van der Waals surface area (Å²) < 4.78 is 4.84. The van der Waals surface area contributed by atoms with Gasteiger partial charge in [0.1, 0.15) is 5.76 Å². The minimum absolute atomic E-state index is 0.00449. The zero-order valence-electron chi connectivity index (χ0n) is 7.96. The Kier molecular flexibility index (Phi) is 3.49. The number of carbonyl (C=O) groups is 1. The van der Waals surface area contributed by atoms with Crippen LogP contribution in [0.4, 0.5) is 0 Å². The minimum Gasteiger partial charge on any atom is -0.361 e. The second-order valence-corrected chi connectivity index (χ2v) is 2.96. The first kappa shape index (κ1) is 9.77. The van der Waals surface area contributed by atoms with Crippen molar-refractivity contribution in [2.45, 2.75) is 26.7 Å². The fourth-order valence-electron chi connectivity index (χ4n) is 0.993. The molecule has 72 valence electrons. The Morgan fingerprint density at radius 1 is 1.69 bits per heavy atom. The molecule has 0 saturated heterocycles. The number of aromatic nitrogens is 1. The van der Waals surface area contributed by atoms with Gasteiger partial charge < -0.3 is 9.84 Å². The van der Waals surface area contributed by atoms with Crippen LogP contribution in [0.5, 0.6) is 0 Å². The van der Waals surface area contributed by atoms with E-state index in [4.69, 9.17) is 4.52 Å². The predicted octanol–water partition coefficient (Wildman–Crippen LogP) is 1.05. The van der Waals surface area contributed by atoms with E-state index in [0.717, 1.165) is 18.7 Å². The maximum atomic E-state index is 11.2. The van der Waals surface area contributed by atoms with Gasteiger partial charge in [-0.25, -0.2) is 0 Å². The van der Waals surface area contributed by atoms with Crippen LogP contribution in [-0.4, -0.2) is 17.6 Å². The van der Waals surface area contributed by atoms with Crippen LogP contribution in [-0.2, 0) is 11.2 Å². The summed E-state index contributed by atoms with van der Waals surface area (Å²) in [6, 6.07) is 1.77. The number of aryl methyl sites for hydroxylation is 1. The molecule has 1 heterocycles. The lowest BCUT2D eigenvalue weighted by Gasteiger charge is -1.99. The number of nitrogens with one attached hydrogen (secondary N) is 1. The van der Waals surface area contributed by atoms with Crippen molar-refractivity contribution >= 4 is 5.91 Å². The van der Waals surface area contributed by atoms with Gasteiger partial charge in [-0.1, -0.05) is 12.1 Å². The van der Waals surface area contributed by atoms with Crippen molar-refractivity contribution in [3.63, 3.8) is 0 Å². The second-order valence-electron chi connectivity index (χ2n) is 2.96. The molecule has 0 bridgehead atoms. The van der Waals surface area contributed by atoms with Crippen LogP contribution < -0.4 is 5.32 Å². The predicted molar refractivity (Wildman–Crippen MR) is 48.2 cm³/mol. The van der Waals surface area contributed by atoms with E-state index >= 15 is 0 Å². The number of hydrogen-bond acceptors (Lipinski definition) is 3. The number of amides is 1. The monoisotopic (exact) mass is 182 g/mol. The number of nitrogens with zero attached hydrogens (tertiary/aromatic N) is 1. The average molecular weight is 182 g/mol. The fourth-order valence-corrected chi connectivity index (χ4v) is 0.993. The third-order valence-electron chi connectivity index (χ3n) is 1.59. The molecule has 0 radical (unpaired) electrons. The van der Waals surface area contributed by atoms with Crippen LogP contribution in [0.3, 0.4) is 0 Å². The first-order valence-electron chi connectivity index (χ1n) is 4.41. The zero-order chi connectivity index (χ0) is 9.68. The maximum Gasteiger partial charge on any atom is 0.226 e. The van der Waals surface area contributed by atoms with Crippen LogP contribution in [0.1, 0.15) is 24.8 Å². The quantitative estimate of drug-likeness (QED) is 0.757. The molecule has 1 aromatic heterocycles. The summed E-state index contributed by atoms with van der Waals surface area (Å²) in [4.78, 5) is 11.2. The molecule has 13 heavy (non-hydrogen) atoms. The third kappa shape index (κ3) is 3.27.